The van der Waals surface area contributed by atoms with Crippen molar-refractivity contribution in [1.29, 1.82) is 0 Å². The number of thioether (sulfide) groups is 1. The Morgan fingerprint density at radius 3 is 2.96 bits per heavy atom. The van der Waals surface area contributed by atoms with Crippen LogP contribution < -0.4 is 5.32 Å². The van der Waals surface area contributed by atoms with Crippen molar-refractivity contribution < 1.29 is 4.74 Å². The molecule has 0 spiro atoms. The van der Waals surface area contributed by atoms with Crippen molar-refractivity contribution in [3.05, 3.63) is 40.5 Å². The molecule has 27 heavy (non-hydrogen) atoms. The summed E-state index contributed by atoms with van der Waals surface area (Å²) in [7, 11) is 0. The van der Waals surface area contributed by atoms with E-state index in [0.717, 1.165) is 40.0 Å². The largest absolute Gasteiger partial charge is 0.369 e. The van der Waals surface area contributed by atoms with Crippen LogP contribution >= 0.6 is 23.1 Å². The number of rotatable bonds is 6. The molecule has 3 aromatic heterocycles. The molecule has 5 nitrogen and oxygen atoms in total. The van der Waals surface area contributed by atoms with Gasteiger partial charge in [0.15, 0.2) is 5.16 Å². The summed E-state index contributed by atoms with van der Waals surface area (Å²) in [6.45, 7) is 7.88. The minimum absolute atomic E-state index is 0.113. The molecule has 4 heterocycles. The summed E-state index contributed by atoms with van der Waals surface area (Å²) < 4.78 is 6.15. The molecular formula is C20H24N4OS2. The maximum Gasteiger partial charge on any atom is 0.190 e. The Bertz CT molecular complexity index is 944. The highest BCUT2D eigenvalue weighted by Crippen LogP contribution is 2.42. The van der Waals surface area contributed by atoms with Gasteiger partial charge in [0.2, 0.25) is 0 Å². The van der Waals surface area contributed by atoms with Crippen LogP contribution in [-0.2, 0) is 24.3 Å². The minimum atomic E-state index is -0.113. The number of anilines is 1. The summed E-state index contributed by atoms with van der Waals surface area (Å²) in [5.41, 5.74) is 2.38. The van der Waals surface area contributed by atoms with E-state index < -0.39 is 0 Å². The average Bonchev–Trinajstić information content (AvgIpc) is 3.04. The zero-order chi connectivity index (χ0) is 18.9. The predicted octanol–water partition coefficient (Wildman–Crippen LogP) is 5.05. The molecule has 1 N–H and O–H groups in total. The van der Waals surface area contributed by atoms with Crippen LogP contribution in [0.25, 0.3) is 10.2 Å². The lowest BCUT2D eigenvalue weighted by atomic mass is 9.90. The van der Waals surface area contributed by atoms with Crippen LogP contribution in [-0.4, -0.2) is 26.3 Å². The minimum Gasteiger partial charge on any atom is -0.369 e. The first-order chi connectivity index (χ1) is 13.1. The van der Waals surface area contributed by atoms with Crippen LogP contribution in [0.3, 0.4) is 0 Å². The molecule has 0 aromatic carbocycles. The second-order valence-electron chi connectivity index (χ2n) is 6.96. The lowest BCUT2D eigenvalue weighted by molar-refractivity contribution is -0.0542. The lowest BCUT2D eigenvalue weighted by Gasteiger charge is -2.33. The molecule has 0 unspecified atom stereocenters. The first-order valence-electron chi connectivity index (χ1n) is 9.33. The third-order valence-corrected chi connectivity index (χ3v) is 6.85. The highest BCUT2D eigenvalue weighted by molar-refractivity contribution is 7.99. The molecule has 4 rings (SSSR count). The SMILES string of the molecule is CCSc1nc(NCc2cccnc2)c2c3c(sc2n1)CO[C@](C)(CC)C3. The predicted molar refractivity (Wildman–Crippen MR) is 113 cm³/mol. The van der Waals surface area contributed by atoms with E-state index in [1.54, 1.807) is 29.3 Å². The Labute approximate surface area is 168 Å². The van der Waals surface area contributed by atoms with Gasteiger partial charge in [-0.3, -0.25) is 4.98 Å². The van der Waals surface area contributed by atoms with E-state index in [2.05, 4.69) is 37.1 Å². The summed E-state index contributed by atoms with van der Waals surface area (Å²) in [5.74, 6) is 1.88. The Balaban J connectivity index is 1.76. The van der Waals surface area contributed by atoms with E-state index in [-0.39, 0.29) is 5.60 Å². The van der Waals surface area contributed by atoms with E-state index in [1.165, 1.54) is 15.8 Å². The second kappa shape index (κ2) is 7.73. The molecule has 0 amide bonds. The van der Waals surface area contributed by atoms with Gasteiger partial charge in [-0.25, -0.2) is 9.97 Å². The van der Waals surface area contributed by atoms with Gasteiger partial charge < -0.3 is 10.1 Å². The molecule has 0 saturated carbocycles. The van der Waals surface area contributed by atoms with Crippen molar-refractivity contribution in [3.63, 3.8) is 0 Å². The van der Waals surface area contributed by atoms with Crippen molar-refractivity contribution in [2.75, 3.05) is 11.1 Å². The number of fused-ring (bicyclic) bond motifs is 3. The van der Waals surface area contributed by atoms with Crippen molar-refractivity contribution in [2.45, 2.75) is 57.5 Å². The maximum absolute atomic E-state index is 6.15. The van der Waals surface area contributed by atoms with Crippen molar-refractivity contribution >= 4 is 39.1 Å². The van der Waals surface area contributed by atoms with E-state index in [0.29, 0.717) is 13.2 Å². The number of hydrogen-bond acceptors (Lipinski definition) is 7. The standard InChI is InChI=1S/C20H24N4OS2/c1-4-20(3)9-14-15(12-25-20)27-18-16(14)17(23-19(24-18)26-5-2)22-11-13-7-6-8-21-10-13/h6-8,10H,4-5,9,11-12H2,1-3H3,(H,22,23,24)/t20-/m1/s1. The fourth-order valence-corrected chi connectivity index (χ4v) is 5.02. The van der Waals surface area contributed by atoms with Gasteiger partial charge in [-0.15, -0.1) is 11.3 Å². The van der Waals surface area contributed by atoms with E-state index in [4.69, 9.17) is 14.7 Å². The molecular weight excluding hydrogens is 376 g/mol. The third-order valence-electron chi connectivity index (χ3n) is 5.02. The molecule has 0 fully saturated rings. The normalized spacial score (nSPS) is 19.2. The van der Waals surface area contributed by atoms with Crippen LogP contribution in [0.4, 0.5) is 5.82 Å². The van der Waals surface area contributed by atoms with Gasteiger partial charge in [0.1, 0.15) is 10.6 Å². The molecule has 7 heteroatoms. The fraction of sp³-hybridized carbons (Fsp3) is 0.450. The van der Waals surface area contributed by atoms with Crippen LogP contribution in [0, 0.1) is 0 Å². The summed E-state index contributed by atoms with van der Waals surface area (Å²) in [4.78, 5) is 16.2. The first-order valence-corrected chi connectivity index (χ1v) is 11.1. The van der Waals surface area contributed by atoms with Crippen molar-refractivity contribution in [3.8, 4) is 0 Å². The number of ether oxygens (including phenoxy) is 1. The highest BCUT2D eigenvalue weighted by atomic mass is 32.2. The van der Waals surface area contributed by atoms with Gasteiger partial charge in [0.05, 0.1) is 17.6 Å². The monoisotopic (exact) mass is 400 g/mol. The smallest absolute Gasteiger partial charge is 0.190 e. The number of aromatic nitrogens is 3. The number of thiophene rings is 1. The van der Waals surface area contributed by atoms with Gasteiger partial charge in [0.25, 0.3) is 0 Å². The lowest BCUT2D eigenvalue weighted by Crippen LogP contribution is -2.33. The van der Waals surface area contributed by atoms with Gasteiger partial charge >= 0.3 is 0 Å². The topological polar surface area (TPSA) is 59.9 Å². The molecule has 3 aromatic rings. The summed E-state index contributed by atoms with van der Waals surface area (Å²) in [6.07, 6.45) is 5.58. The average molecular weight is 401 g/mol. The van der Waals surface area contributed by atoms with Crippen LogP contribution in [0.15, 0.2) is 29.7 Å². The number of nitrogens with zero attached hydrogens (tertiary/aromatic N) is 3. The van der Waals surface area contributed by atoms with Crippen LogP contribution in [0.1, 0.15) is 43.2 Å². The molecule has 1 aliphatic rings. The molecule has 0 radical (unpaired) electrons. The maximum atomic E-state index is 6.15. The number of nitrogens with one attached hydrogen (secondary N) is 1. The Hall–Kier alpha value is -1.70. The van der Waals surface area contributed by atoms with Gasteiger partial charge in [0, 0.05) is 30.2 Å². The first kappa shape index (κ1) is 18.7. The molecule has 1 atom stereocenters. The zero-order valence-corrected chi connectivity index (χ0v) is 17.5. The third kappa shape index (κ3) is 3.81. The molecule has 0 bridgehead atoms. The van der Waals surface area contributed by atoms with Crippen molar-refractivity contribution in [1.82, 2.24) is 15.0 Å². The second-order valence-corrected chi connectivity index (χ2v) is 9.27. The fourth-order valence-electron chi connectivity index (χ4n) is 3.29. The van der Waals surface area contributed by atoms with E-state index in [9.17, 15) is 0 Å². The summed E-state index contributed by atoms with van der Waals surface area (Å²) >= 11 is 3.42. The molecule has 0 saturated heterocycles. The van der Waals surface area contributed by atoms with Gasteiger partial charge in [-0.1, -0.05) is 31.7 Å². The van der Waals surface area contributed by atoms with Crippen molar-refractivity contribution in [2.24, 2.45) is 0 Å². The highest BCUT2D eigenvalue weighted by Gasteiger charge is 2.33. The zero-order valence-electron chi connectivity index (χ0n) is 15.9. The molecule has 0 aliphatic carbocycles. The Morgan fingerprint density at radius 2 is 2.22 bits per heavy atom. The van der Waals surface area contributed by atoms with Gasteiger partial charge in [-0.05, 0) is 36.3 Å². The van der Waals surface area contributed by atoms with Gasteiger partial charge in [-0.2, -0.15) is 0 Å². The molecule has 142 valence electrons. The quantitative estimate of drug-likeness (QED) is 0.461. The summed E-state index contributed by atoms with van der Waals surface area (Å²) in [6, 6.07) is 4.03. The van der Waals surface area contributed by atoms with Crippen LogP contribution in [0.5, 0.6) is 0 Å². The Kier molecular flexibility index (Phi) is 5.34. The number of hydrogen-bond donors (Lipinski definition) is 1. The van der Waals surface area contributed by atoms with E-state index in [1.807, 2.05) is 12.3 Å². The number of pyridine rings is 1. The van der Waals surface area contributed by atoms with Crippen LogP contribution in [0.2, 0.25) is 0 Å². The molecule has 1 aliphatic heterocycles. The summed E-state index contributed by atoms with van der Waals surface area (Å²) in [5, 5.41) is 5.54. The Morgan fingerprint density at radius 1 is 1.33 bits per heavy atom. The van der Waals surface area contributed by atoms with E-state index >= 15 is 0 Å².